The van der Waals surface area contributed by atoms with Crippen molar-refractivity contribution in [2.45, 2.75) is 72.2 Å². The monoisotopic (exact) mass is 494 g/mol. The topological polar surface area (TPSA) is 143 Å². The minimum Gasteiger partial charge on any atom is -0.463 e. The molecule has 1 fully saturated rings. The quantitative estimate of drug-likeness (QED) is 0.325. The number of aryl methyl sites for hydroxylation is 2. The van der Waals surface area contributed by atoms with Gasteiger partial charge in [-0.3, -0.25) is 19.2 Å². The van der Waals surface area contributed by atoms with E-state index in [0.717, 1.165) is 20.8 Å². The summed E-state index contributed by atoms with van der Waals surface area (Å²) in [7, 11) is 0. The molecule has 0 bridgehead atoms. The van der Waals surface area contributed by atoms with E-state index in [1.165, 1.54) is 11.5 Å². The van der Waals surface area contributed by atoms with Gasteiger partial charge in [0.1, 0.15) is 23.4 Å². The number of nitrogens with zero attached hydrogens (tertiary/aromatic N) is 2. The fourth-order valence-electron chi connectivity index (χ4n) is 3.77. The van der Waals surface area contributed by atoms with Crippen molar-refractivity contribution in [3.05, 3.63) is 27.5 Å². The number of hydrogen-bond acceptors (Lipinski definition) is 11. The van der Waals surface area contributed by atoms with Crippen molar-refractivity contribution in [3.63, 3.8) is 0 Å². The van der Waals surface area contributed by atoms with Gasteiger partial charge in [-0.2, -0.15) is 5.26 Å². The van der Waals surface area contributed by atoms with E-state index in [2.05, 4.69) is 0 Å². The maximum absolute atomic E-state index is 12.0. The highest BCUT2D eigenvalue weighted by molar-refractivity contribution is 7.71. The van der Waals surface area contributed by atoms with Crippen LogP contribution in [0.2, 0.25) is 0 Å². The van der Waals surface area contributed by atoms with Crippen LogP contribution in [0.5, 0.6) is 0 Å². The van der Waals surface area contributed by atoms with Gasteiger partial charge in [-0.25, -0.2) is 0 Å². The van der Waals surface area contributed by atoms with E-state index in [-0.39, 0.29) is 16.8 Å². The van der Waals surface area contributed by atoms with Crippen LogP contribution in [0.4, 0.5) is 0 Å². The van der Waals surface area contributed by atoms with Crippen LogP contribution in [0.15, 0.2) is 6.07 Å². The van der Waals surface area contributed by atoms with Crippen LogP contribution in [-0.2, 0) is 42.9 Å². The molecule has 0 radical (unpaired) electrons. The molecule has 0 N–H and O–H groups in total. The Bertz CT molecular complexity index is 1090. The van der Waals surface area contributed by atoms with E-state index in [1.54, 1.807) is 19.9 Å². The number of ether oxygens (including phenoxy) is 5. The molecular formula is C22H26N2O9S. The third kappa shape index (κ3) is 6.18. The Hall–Kier alpha value is -3.30. The second-order valence-corrected chi connectivity index (χ2v) is 8.11. The Morgan fingerprint density at radius 3 is 2.00 bits per heavy atom. The van der Waals surface area contributed by atoms with Crippen molar-refractivity contribution in [2.24, 2.45) is 0 Å². The molecule has 1 aromatic rings. The molecule has 12 heteroatoms. The van der Waals surface area contributed by atoms with E-state index in [1.807, 2.05) is 6.07 Å². The van der Waals surface area contributed by atoms with Crippen LogP contribution < -0.4 is 0 Å². The molecule has 1 saturated heterocycles. The van der Waals surface area contributed by atoms with Crippen LogP contribution in [0.3, 0.4) is 0 Å². The molecule has 5 atom stereocenters. The average molecular weight is 495 g/mol. The Balaban J connectivity index is 2.75. The van der Waals surface area contributed by atoms with Gasteiger partial charge in [0.15, 0.2) is 24.5 Å². The van der Waals surface area contributed by atoms with Gasteiger partial charge in [0.05, 0.1) is 5.56 Å². The van der Waals surface area contributed by atoms with Gasteiger partial charge in [-0.05, 0) is 25.5 Å². The third-order valence-electron chi connectivity index (χ3n) is 4.96. The summed E-state index contributed by atoms with van der Waals surface area (Å²) in [6.45, 7) is 7.67. The van der Waals surface area contributed by atoms with Gasteiger partial charge < -0.3 is 28.3 Å². The van der Waals surface area contributed by atoms with Crippen molar-refractivity contribution in [1.82, 2.24) is 4.57 Å². The lowest BCUT2D eigenvalue weighted by atomic mass is 9.96. The molecular weight excluding hydrogens is 468 g/mol. The first-order valence-corrected chi connectivity index (χ1v) is 10.7. The molecule has 0 amide bonds. The zero-order valence-corrected chi connectivity index (χ0v) is 20.5. The van der Waals surface area contributed by atoms with Crippen molar-refractivity contribution >= 4 is 36.1 Å². The van der Waals surface area contributed by atoms with Gasteiger partial charge in [0.2, 0.25) is 0 Å². The molecule has 2 rings (SSSR count). The fourth-order valence-corrected chi connectivity index (χ4v) is 4.22. The summed E-state index contributed by atoms with van der Waals surface area (Å²) < 4.78 is 29.0. The van der Waals surface area contributed by atoms with Crippen LogP contribution in [0, 0.1) is 29.8 Å². The second kappa shape index (κ2) is 11.2. The summed E-state index contributed by atoms with van der Waals surface area (Å²) in [4.78, 5) is 47.3. The number of carbonyl (C=O) groups is 4. The van der Waals surface area contributed by atoms with Gasteiger partial charge in [-0.15, -0.1) is 0 Å². The largest absolute Gasteiger partial charge is 0.463 e. The van der Waals surface area contributed by atoms with Gasteiger partial charge in [0.25, 0.3) is 0 Å². The lowest BCUT2D eigenvalue weighted by Gasteiger charge is -2.45. The van der Waals surface area contributed by atoms with Gasteiger partial charge in [-0.1, -0.05) is 12.2 Å². The van der Waals surface area contributed by atoms with E-state index < -0.39 is 54.5 Å². The first-order valence-electron chi connectivity index (χ1n) is 10.3. The molecule has 34 heavy (non-hydrogen) atoms. The zero-order chi connectivity index (χ0) is 25.7. The number of hydrogen-bond donors (Lipinski definition) is 0. The number of rotatable bonds is 6. The zero-order valence-electron chi connectivity index (χ0n) is 19.6. The Morgan fingerprint density at radius 2 is 1.50 bits per heavy atom. The number of pyridine rings is 1. The predicted octanol–water partition coefficient (Wildman–Crippen LogP) is 1.96. The van der Waals surface area contributed by atoms with Gasteiger partial charge in [0, 0.05) is 33.4 Å². The molecule has 2 heterocycles. The normalized spacial score (nSPS) is 23.9. The number of esters is 4. The minimum atomic E-state index is -1.34. The van der Waals surface area contributed by atoms with Crippen LogP contribution in [-0.4, -0.2) is 59.5 Å². The maximum atomic E-state index is 12.0. The number of nitriles is 1. The van der Waals surface area contributed by atoms with Crippen LogP contribution in [0.25, 0.3) is 0 Å². The van der Waals surface area contributed by atoms with E-state index in [0.29, 0.717) is 11.3 Å². The average Bonchev–Trinajstić information content (AvgIpc) is 2.69. The summed E-state index contributed by atoms with van der Waals surface area (Å²) in [5, 5.41) is 9.59. The lowest BCUT2D eigenvalue weighted by Crippen LogP contribution is -2.60. The summed E-state index contributed by atoms with van der Waals surface area (Å²) in [6, 6.07) is 3.74. The van der Waals surface area contributed by atoms with Crippen molar-refractivity contribution in [2.75, 3.05) is 6.61 Å². The molecule has 1 aliphatic heterocycles. The van der Waals surface area contributed by atoms with Crippen molar-refractivity contribution < 1.29 is 42.9 Å². The number of carbonyl (C=O) groups excluding carboxylic acids is 4. The van der Waals surface area contributed by atoms with Crippen LogP contribution >= 0.6 is 12.2 Å². The van der Waals surface area contributed by atoms with Crippen LogP contribution in [0.1, 0.15) is 50.7 Å². The lowest BCUT2D eigenvalue weighted by molar-refractivity contribution is -0.269. The Labute approximate surface area is 201 Å². The van der Waals surface area contributed by atoms with E-state index in [9.17, 15) is 24.4 Å². The molecule has 0 spiro atoms. The molecule has 0 aromatic carbocycles. The van der Waals surface area contributed by atoms with Crippen molar-refractivity contribution in [3.8, 4) is 6.07 Å². The first kappa shape index (κ1) is 26.9. The Morgan fingerprint density at radius 1 is 0.971 bits per heavy atom. The second-order valence-electron chi connectivity index (χ2n) is 7.72. The fraction of sp³-hybridized carbons (Fsp3) is 0.545. The standard InChI is InChI=1S/C22H26N2O9S/c1-10-7-11(2)24(22(34)16(10)8-23)21-20(32-15(6)28)19(31-14(5)27)18(30-13(4)26)17(33-21)9-29-12(3)25/h7,17-21H,9H2,1-6H3/t17-,18+,19+,20+,21-/m0/s1. The minimum absolute atomic E-state index is 0.0981. The predicted molar refractivity (Wildman–Crippen MR) is 117 cm³/mol. The third-order valence-corrected chi connectivity index (χ3v) is 5.37. The molecule has 184 valence electrons. The molecule has 1 aromatic heterocycles. The highest BCUT2D eigenvalue weighted by Gasteiger charge is 2.53. The molecule has 0 aliphatic carbocycles. The molecule has 0 unspecified atom stereocenters. The molecule has 1 aliphatic rings. The molecule has 11 nitrogen and oxygen atoms in total. The highest BCUT2D eigenvalue weighted by atomic mass is 32.1. The Kier molecular flexibility index (Phi) is 8.89. The van der Waals surface area contributed by atoms with E-state index in [4.69, 9.17) is 35.9 Å². The summed E-state index contributed by atoms with van der Waals surface area (Å²) in [6.07, 6.45) is -6.27. The first-order chi connectivity index (χ1) is 15.9. The SMILES string of the molecule is CC(=O)OC[C@@H]1O[C@H](n2c(C)cc(C)c(C#N)c2=S)[C@H](OC(C)=O)[C@H](OC(C)=O)[C@@H]1OC(C)=O. The van der Waals surface area contributed by atoms with Gasteiger partial charge >= 0.3 is 23.9 Å². The van der Waals surface area contributed by atoms with Crippen molar-refractivity contribution in [1.29, 1.82) is 5.26 Å². The summed E-state index contributed by atoms with van der Waals surface area (Å²) in [5.74, 6) is -2.82. The van der Waals surface area contributed by atoms with E-state index >= 15 is 0 Å². The maximum Gasteiger partial charge on any atom is 0.303 e. The number of aromatic nitrogens is 1. The smallest absolute Gasteiger partial charge is 0.303 e. The molecule has 0 saturated carbocycles. The highest BCUT2D eigenvalue weighted by Crippen LogP contribution is 2.36. The summed E-state index contributed by atoms with van der Waals surface area (Å²) in [5.41, 5.74) is 1.39. The summed E-state index contributed by atoms with van der Waals surface area (Å²) >= 11 is 5.53.